The minimum Gasteiger partial charge on any atom is -0.769 e. The molecule has 1 saturated heterocycles. The Morgan fingerprint density at radius 2 is 1.31 bits per heavy atom. The zero-order valence-corrected chi connectivity index (χ0v) is 21.3. The molecule has 0 atom stereocenters. The third-order valence-corrected chi connectivity index (χ3v) is 4.46. The SMILES string of the molecule is CC1(C)CCCC(C)(C)N1O.CCC(=O)CC.CCC(O)CC.[Na+].[O-]Cl. The summed E-state index contributed by atoms with van der Waals surface area (Å²) in [7, 11) is 0. The quantitative estimate of drug-likeness (QED) is 0.692. The molecule has 0 unspecified atom stereocenters. The van der Waals surface area contributed by atoms with Crippen LogP contribution in [0.1, 0.15) is 100 Å². The van der Waals surface area contributed by atoms with Gasteiger partial charge in [-0.1, -0.05) is 27.7 Å². The maximum atomic E-state index is 10.2. The normalized spacial score (nSPS) is 17.3. The fourth-order valence-electron chi connectivity index (χ4n) is 2.52. The summed E-state index contributed by atoms with van der Waals surface area (Å²) in [6.45, 7) is 16.1. The Kier molecular flexibility index (Phi) is 25.3. The Labute approximate surface area is 188 Å². The van der Waals surface area contributed by atoms with Crippen LogP contribution in [0.25, 0.3) is 0 Å². The summed E-state index contributed by atoms with van der Waals surface area (Å²) in [4.78, 5) is 10.2. The van der Waals surface area contributed by atoms with Gasteiger partial charge < -0.3 is 15.0 Å². The molecule has 0 aromatic heterocycles. The van der Waals surface area contributed by atoms with E-state index in [1.54, 1.807) is 0 Å². The van der Waals surface area contributed by atoms with Crippen molar-refractivity contribution in [1.29, 1.82) is 0 Å². The van der Waals surface area contributed by atoms with Crippen molar-refractivity contribution in [2.45, 2.75) is 118 Å². The van der Waals surface area contributed by atoms with Gasteiger partial charge >= 0.3 is 29.6 Å². The molecule has 2 N–H and O–H groups in total. The number of carbonyl (C=O) groups excluding carboxylic acids is 1. The average molecular weight is 406 g/mol. The van der Waals surface area contributed by atoms with E-state index in [9.17, 15) is 10.0 Å². The number of carbonyl (C=O) groups is 1. The molecule has 0 amide bonds. The van der Waals surface area contributed by atoms with Gasteiger partial charge in [-0.25, -0.2) is 11.9 Å². The van der Waals surface area contributed by atoms with E-state index >= 15 is 0 Å². The predicted octanol–water partition coefficient (Wildman–Crippen LogP) is 1.47. The number of aliphatic hydroxyl groups is 1. The van der Waals surface area contributed by atoms with Crippen molar-refractivity contribution in [3.63, 3.8) is 0 Å². The second kappa shape index (κ2) is 19.1. The first-order valence-electron chi connectivity index (χ1n) is 9.32. The Hall–Kier alpha value is 0.800. The first-order chi connectivity index (χ1) is 11.5. The standard InChI is InChI=1S/C9H19NO.C5H12O.C5H10O.ClO.Na/c1-8(2)6-5-7-9(3,4)10(8)11;2*1-3-5(6)4-2;1-2;/h11H,5-7H2,1-4H3;5-6H,3-4H2,1-2H3;3-4H2,1-2H3;;/q;;;-1;+1. The van der Waals surface area contributed by atoms with Gasteiger partial charge in [0.25, 0.3) is 0 Å². The van der Waals surface area contributed by atoms with Gasteiger partial charge in [-0.3, -0.25) is 4.79 Å². The van der Waals surface area contributed by atoms with Crippen LogP contribution >= 0.6 is 11.9 Å². The molecule has 5 nitrogen and oxygen atoms in total. The number of hydrogen-bond donors (Lipinski definition) is 2. The Bertz CT molecular complexity index is 303. The molecule has 0 aliphatic carbocycles. The monoisotopic (exact) mass is 405 g/mol. The molecule has 0 spiro atoms. The third-order valence-electron chi connectivity index (χ3n) is 4.46. The van der Waals surface area contributed by atoms with E-state index in [0.717, 1.165) is 25.7 Å². The van der Waals surface area contributed by atoms with Gasteiger partial charge in [-0.05, 0) is 59.8 Å². The number of rotatable bonds is 4. The number of nitrogens with zero attached hydrogens (tertiary/aromatic N) is 1. The van der Waals surface area contributed by atoms with Crippen molar-refractivity contribution < 1.29 is 49.3 Å². The van der Waals surface area contributed by atoms with E-state index in [-0.39, 0.29) is 46.7 Å². The molecule has 1 aliphatic rings. The van der Waals surface area contributed by atoms with E-state index < -0.39 is 0 Å². The number of aliphatic hydroxyl groups excluding tert-OH is 1. The minimum absolute atomic E-state index is 0. The van der Waals surface area contributed by atoms with Crippen LogP contribution < -0.4 is 34.2 Å². The summed E-state index contributed by atoms with van der Waals surface area (Å²) >= 11 is 3.39. The summed E-state index contributed by atoms with van der Waals surface area (Å²) in [5, 5.41) is 20.0. The van der Waals surface area contributed by atoms with Gasteiger partial charge in [0.05, 0.1) is 6.10 Å². The molecule has 7 heteroatoms. The molecular formula is C19H41ClNNaO4. The van der Waals surface area contributed by atoms with E-state index in [1.807, 2.05) is 27.7 Å². The van der Waals surface area contributed by atoms with Crippen molar-refractivity contribution in [3.8, 4) is 0 Å². The Balaban J connectivity index is -0.000000140. The molecule has 0 saturated carbocycles. The van der Waals surface area contributed by atoms with Crippen LogP contribution in [0.2, 0.25) is 0 Å². The summed E-state index contributed by atoms with van der Waals surface area (Å²) in [6.07, 6.45) is 6.49. The number of halogens is 1. The van der Waals surface area contributed by atoms with E-state index in [0.29, 0.717) is 18.6 Å². The van der Waals surface area contributed by atoms with Crippen LogP contribution in [0, 0.1) is 0 Å². The molecule has 1 fully saturated rings. The second-order valence-corrected chi connectivity index (χ2v) is 7.51. The Morgan fingerprint density at radius 1 is 1.00 bits per heavy atom. The smallest absolute Gasteiger partial charge is 0.769 e. The van der Waals surface area contributed by atoms with Gasteiger partial charge in [0.15, 0.2) is 0 Å². The molecule has 0 aromatic rings. The van der Waals surface area contributed by atoms with Crippen LogP contribution in [-0.2, 0) is 4.79 Å². The molecule has 1 heterocycles. The molecule has 154 valence electrons. The van der Waals surface area contributed by atoms with Crippen molar-refractivity contribution in [1.82, 2.24) is 5.06 Å². The predicted molar refractivity (Wildman–Crippen MR) is 104 cm³/mol. The number of piperidine rings is 1. The van der Waals surface area contributed by atoms with Crippen molar-refractivity contribution in [2.24, 2.45) is 0 Å². The van der Waals surface area contributed by atoms with E-state index in [2.05, 4.69) is 39.6 Å². The molecule has 1 rings (SSSR count). The molecule has 26 heavy (non-hydrogen) atoms. The third kappa shape index (κ3) is 16.9. The summed E-state index contributed by atoms with van der Waals surface area (Å²) < 4.78 is 7.72. The topological polar surface area (TPSA) is 83.8 Å². The minimum atomic E-state index is -0.0648. The van der Waals surface area contributed by atoms with Gasteiger partial charge in [-0.2, -0.15) is 5.06 Å². The van der Waals surface area contributed by atoms with Crippen LogP contribution in [0.15, 0.2) is 0 Å². The zero-order chi connectivity index (χ0) is 20.7. The maximum absolute atomic E-state index is 10.2. The van der Waals surface area contributed by atoms with Crippen molar-refractivity contribution >= 4 is 17.6 Å². The summed E-state index contributed by atoms with van der Waals surface area (Å²) in [5.41, 5.74) is -0.0799. The van der Waals surface area contributed by atoms with Crippen molar-refractivity contribution in [3.05, 3.63) is 0 Å². The number of Topliss-reactive ketones (excluding diaryl/α,β-unsaturated/α-hetero) is 1. The molecule has 1 aliphatic heterocycles. The maximum Gasteiger partial charge on any atom is 1.00 e. The summed E-state index contributed by atoms with van der Waals surface area (Å²) in [5.74, 6) is 0.343. The zero-order valence-electron chi connectivity index (χ0n) is 18.6. The fourth-order valence-corrected chi connectivity index (χ4v) is 2.52. The van der Waals surface area contributed by atoms with Crippen molar-refractivity contribution in [2.75, 3.05) is 0 Å². The van der Waals surface area contributed by atoms with E-state index in [4.69, 9.17) is 9.77 Å². The first kappa shape index (κ1) is 34.3. The largest absolute Gasteiger partial charge is 1.00 e. The van der Waals surface area contributed by atoms with Gasteiger partial charge in [0.1, 0.15) is 5.78 Å². The van der Waals surface area contributed by atoms with Crippen LogP contribution in [-0.4, -0.2) is 38.3 Å². The van der Waals surface area contributed by atoms with Gasteiger partial charge in [-0.15, -0.1) is 0 Å². The summed E-state index contributed by atoms with van der Waals surface area (Å²) in [6, 6.07) is 0. The van der Waals surface area contributed by atoms with Gasteiger partial charge in [0.2, 0.25) is 0 Å². The van der Waals surface area contributed by atoms with Crippen LogP contribution in [0.5, 0.6) is 0 Å². The number of ketones is 1. The first-order valence-corrected chi connectivity index (χ1v) is 9.63. The van der Waals surface area contributed by atoms with E-state index in [1.165, 1.54) is 11.5 Å². The molecule has 0 bridgehead atoms. The average Bonchev–Trinajstić information content (AvgIpc) is 2.60. The Morgan fingerprint density at radius 3 is 1.42 bits per heavy atom. The molecule has 0 aromatic carbocycles. The van der Waals surface area contributed by atoms with Crippen LogP contribution in [0.3, 0.4) is 0 Å². The fraction of sp³-hybridized carbons (Fsp3) is 0.947. The van der Waals surface area contributed by atoms with Gasteiger partial charge in [0, 0.05) is 23.9 Å². The number of hydroxylamine groups is 2. The molecule has 0 radical (unpaired) electrons. The molecular weight excluding hydrogens is 365 g/mol. The van der Waals surface area contributed by atoms with Crippen LogP contribution in [0.4, 0.5) is 0 Å². The second-order valence-electron chi connectivity index (χ2n) is 7.51. The number of hydrogen-bond acceptors (Lipinski definition) is 5.